The molecule has 0 saturated carbocycles. The van der Waals surface area contributed by atoms with Gasteiger partial charge in [0.15, 0.2) is 6.67 Å². The van der Waals surface area contributed by atoms with Gasteiger partial charge in [0.25, 0.3) is 5.78 Å². The predicted octanol–water partition coefficient (Wildman–Crippen LogP) is 1.66. The van der Waals surface area contributed by atoms with E-state index in [2.05, 4.69) is 15.9 Å². The third kappa shape index (κ3) is 3.07. The first-order valence-corrected chi connectivity index (χ1v) is 8.39. The zero-order chi connectivity index (χ0) is 17.3. The van der Waals surface area contributed by atoms with Crippen LogP contribution in [-0.4, -0.2) is 32.5 Å². The van der Waals surface area contributed by atoms with E-state index in [0.717, 1.165) is 20.7 Å². The average Bonchev–Trinajstić information content (AvgIpc) is 2.80. The standard InChI is InChI=1S/C18H17BrN2O3/c1-20(10-12-9-13(19)7-8-16(12)24-2)11-21-15-6-4-3-5-14(15)17(22)18(21)23/h3-9H,10-11H2,1-2H3/p+1. The highest BCUT2D eigenvalue weighted by Crippen LogP contribution is 2.27. The maximum atomic E-state index is 12.3. The van der Waals surface area contributed by atoms with Crippen LogP contribution in [0.1, 0.15) is 15.9 Å². The van der Waals surface area contributed by atoms with E-state index in [0.29, 0.717) is 24.5 Å². The van der Waals surface area contributed by atoms with Crippen molar-refractivity contribution in [3.05, 3.63) is 58.1 Å². The summed E-state index contributed by atoms with van der Waals surface area (Å²) in [6, 6.07) is 13.0. The number of benzene rings is 2. The number of ketones is 1. The molecule has 0 fully saturated rings. The number of nitrogens with zero attached hydrogens (tertiary/aromatic N) is 1. The molecule has 1 aliphatic heterocycles. The second-order valence-electron chi connectivity index (χ2n) is 5.83. The third-order valence-electron chi connectivity index (χ3n) is 4.04. The van der Waals surface area contributed by atoms with Crippen molar-refractivity contribution in [3.8, 4) is 5.75 Å². The van der Waals surface area contributed by atoms with Crippen molar-refractivity contribution in [1.82, 2.24) is 0 Å². The Kier molecular flexibility index (Phi) is 4.69. The summed E-state index contributed by atoms with van der Waals surface area (Å²) in [6.45, 7) is 1.08. The number of quaternary nitrogens is 1. The van der Waals surface area contributed by atoms with Gasteiger partial charge in [0.2, 0.25) is 0 Å². The number of hydrogen-bond donors (Lipinski definition) is 1. The molecular weight excluding hydrogens is 372 g/mol. The highest BCUT2D eigenvalue weighted by Gasteiger charge is 2.37. The second-order valence-corrected chi connectivity index (χ2v) is 6.74. The van der Waals surface area contributed by atoms with E-state index in [1.54, 1.807) is 24.1 Å². The Labute approximate surface area is 148 Å². The van der Waals surface area contributed by atoms with Gasteiger partial charge in [0.05, 0.1) is 25.4 Å². The van der Waals surface area contributed by atoms with Crippen molar-refractivity contribution in [2.75, 3.05) is 25.7 Å². The molecule has 5 nitrogen and oxygen atoms in total. The molecule has 1 aliphatic rings. The molecule has 1 atom stereocenters. The molecule has 0 aromatic heterocycles. The number of nitrogens with one attached hydrogen (secondary N) is 1. The Hall–Kier alpha value is -2.18. The van der Waals surface area contributed by atoms with Gasteiger partial charge in [-0.05, 0) is 30.3 Å². The smallest absolute Gasteiger partial charge is 0.303 e. The lowest BCUT2D eigenvalue weighted by molar-refractivity contribution is -0.892. The lowest BCUT2D eigenvalue weighted by atomic mass is 10.1. The van der Waals surface area contributed by atoms with Crippen molar-refractivity contribution in [2.24, 2.45) is 0 Å². The predicted molar refractivity (Wildman–Crippen MR) is 94.4 cm³/mol. The molecule has 1 heterocycles. The van der Waals surface area contributed by atoms with E-state index in [-0.39, 0.29) is 0 Å². The molecule has 0 spiro atoms. The summed E-state index contributed by atoms with van der Waals surface area (Å²) in [7, 11) is 3.63. The zero-order valence-corrected chi connectivity index (χ0v) is 15.1. The maximum absolute atomic E-state index is 12.3. The van der Waals surface area contributed by atoms with Gasteiger partial charge in [-0.15, -0.1) is 0 Å². The Morgan fingerprint density at radius 2 is 1.92 bits per heavy atom. The van der Waals surface area contributed by atoms with Crippen molar-refractivity contribution in [3.63, 3.8) is 0 Å². The number of carbonyl (C=O) groups excluding carboxylic acids is 2. The quantitative estimate of drug-likeness (QED) is 0.791. The molecule has 24 heavy (non-hydrogen) atoms. The fourth-order valence-corrected chi connectivity index (χ4v) is 3.35. The highest BCUT2D eigenvalue weighted by molar-refractivity contribution is 9.10. The molecule has 1 unspecified atom stereocenters. The van der Waals surface area contributed by atoms with Crippen LogP contribution in [0.5, 0.6) is 5.75 Å². The van der Waals surface area contributed by atoms with Crippen LogP contribution in [0.3, 0.4) is 0 Å². The Bertz CT molecular complexity index is 807. The van der Waals surface area contributed by atoms with Crippen molar-refractivity contribution < 1.29 is 19.2 Å². The van der Waals surface area contributed by atoms with E-state index in [9.17, 15) is 9.59 Å². The Morgan fingerprint density at radius 3 is 2.67 bits per heavy atom. The van der Waals surface area contributed by atoms with Gasteiger partial charge >= 0.3 is 5.91 Å². The number of fused-ring (bicyclic) bond motifs is 1. The monoisotopic (exact) mass is 389 g/mol. The minimum absolute atomic E-state index is 0.414. The molecule has 3 rings (SSSR count). The normalized spacial score (nSPS) is 14.7. The van der Waals surface area contributed by atoms with Crippen LogP contribution in [0.2, 0.25) is 0 Å². The number of methoxy groups -OCH3 is 1. The number of ether oxygens (including phenoxy) is 1. The number of rotatable bonds is 5. The minimum atomic E-state index is -0.461. The molecule has 2 aromatic carbocycles. The Morgan fingerprint density at radius 1 is 1.17 bits per heavy atom. The van der Waals surface area contributed by atoms with Gasteiger partial charge in [-0.2, -0.15) is 0 Å². The summed E-state index contributed by atoms with van der Waals surface area (Å²) in [5.41, 5.74) is 2.21. The minimum Gasteiger partial charge on any atom is -0.496 e. The fourth-order valence-electron chi connectivity index (χ4n) is 2.94. The van der Waals surface area contributed by atoms with Crippen molar-refractivity contribution >= 4 is 33.3 Å². The third-order valence-corrected chi connectivity index (χ3v) is 4.53. The first-order valence-electron chi connectivity index (χ1n) is 7.60. The number of carbonyl (C=O) groups is 2. The SMILES string of the molecule is COc1ccc(Br)cc1C[NH+](C)CN1C(=O)C(=O)c2ccccc21. The van der Waals surface area contributed by atoms with Crippen molar-refractivity contribution in [1.29, 1.82) is 0 Å². The first kappa shape index (κ1) is 16.7. The number of halogens is 1. The average molecular weight is 390 g/mol. The van der Waals surface area contributed by atoms with Crippen LogP contribution < -0.4 is 14.5 Å². The fraction of sp³-hybridized carbons (Fsp3) is 0.222. The van der Waals surface area contributed by atoms with Crippen LogP contribution in [0.4, 0.5) is 5.69 Å². The number of amides is 1. The lowest BCUT2D eigenvalue weighted by Gasteiger charge is -2.22. The largest absolute Gasteiger partial charge is 0.496 e. The van der Waals surface area contributed by atoms with Gasteiger partial charge in [0, 0.05) is 10.0 Å². The van der Waals surface area contributed by atoms with Gasteiger partial charge in [-0.1, -0.05) is 28.1 Å². The number of para-hydroxylation sites is 1. The summed E-state index contributed by atoms with van der Waals surface area (Å²) in [4.78, 5) is 26.9. The molecule has 0 saturated heterocycles. The van der Waals surface area contributed by atoms with E-state index in [1.165, 1.54) is 0 Å². The topological polar surface area (TPSA) is 51.1 Å². The van der Waals surface area contributed by atoms with Gasteiger partial charge in [-0.3, -0.25) is 14.5 Å². The molecule has 0 aliphatic carbocycles. The molecule has 1 N–H and O–H groups in total. The van der Waals surface area contributed by atoms with Crippen LogP contribution in [-0.2, 0) is 11.3 Å². The molecule has 2 aromatic rings. The summed E-state index contributed by atoms with van der Waals surface area (Å²) >= 11 is 3.47. The molecule has 0 radical (unpaired) electrons. The number of Topliss-reactive ketones (excluding diaryl/α,β-unsaturated/α-hetero) is 1. The summed E-state index contributed by atoms with van der Waals surface area (Å²) in [5, 5.41) is 0. The Balaban J connectivity index is 1.79. The molecule has 0 bridgehead atoms. The van der Waals surface area contributed by atoms with Crippen LogP contribution in [0.25, 0.3) is 0 Å². The van der Waals surface area contributed by atoms with Crippen LogP contribution in [0.15, 0.2) is 46.9 Å². The lowest BCUT2D eigenvalue weighted by Crippen LogP contribution is -3.09. The highest BCUT2D eigenvalue weighted by atomic mass is 79.9. The molecule has 6 heteroatoms. The molecule has 124 valence electrons. The van der Waals surface area contributed by atoms with Gasteiger partial charge in [-0.25, -0.2) is 0 Å². The van der Waals surface area contributed by atoms with E-state index in [1.807, 2.05) is 37.4 Å². The summed E-state index contributed by atoms with van der Waals surface area (Å²) in [5.74, 6) is -0.0861. The van der Waals surface area contributed by atoms with E-state index in [4.69, 9.17) is 4.74 Å². The van der Waals surface area contributed by atoms with Gasteiger partial charge in [0.1, 0.15) is 12.3 Å². The number of anilines is 1. The van der Waals surface area contributed by atoms with E-state index < -0.39 is 11.7 Å². The maximum Gasteiger partial charge on any atom is 0.303 e. The van der Waals surface area contributed by atoms with Crippen molar-refractivity contribution in [2.45, 2.75) is 6.54 Å². The molecular formula is C18H18BrN2O3+. The first-order chi connectivity index (χ1) is 11.5. The number of hydrogen-bond acceptors (Lipinski definition) is 3. The summed E-state index contributed by atoms with van der Waals surface area (Å²) < 4.78 is 6.37. The van der Waals surface area contributed by atoms with E-state index >= 15 is 0 Å². The summed E-state index contributed by atoms with van der Waals surface area (Å²) in [6.07, 6.45) is 0. The zero-order valence-electron chi connectivity index (χ0n) is 13.5. The second kappa shape index (κ2) is 6.75. The van der Waals surface area contributed by atoms with Gasteiger partial charge < -0.3 is 9.64 Å². The van der Waals surface area contributed by atoms with Crippen LogP contribution >= 0.6 is 15.9 Å². The van der Waals surface area contributed by atoms with Crippen LogP contribution in [0, 0.1) is 0 Å². The molecule has 1 amide bonds.